The maximum Gasteiger partial charge on any atom is 0.358 e. The Morgan fingerprint density at radius 3 is 0.848 bits per heavy atom. The zero-order valence-electron chi connectivity index (χ0n) is 94.6. The first-order chi connectivity index (χ1) is 69.3. The van der Waals surface area contributed by atoms with E-state index in [9.17, 15) is 0 Å². The van der Waals surface area contributed by atoms with E-state index in [1.54, 1.807) is 0 Å². The average Bonchev–Trinajstić information content (AvgIpc) is 0.785. The highest BCUT2D eigenvalue weighted by Crippen LogP contribution is 2.43. The largest absolute Gasteiger partial charge is 0.490 e. The molecule has 0 heterocycles. The minimum atomic E-state index is -3.18. The van der Waals surface area contributed by atoms with Gasteiger partial charge in [0.2, 0.25) is 11.6 Å². The Kier molecular flexibility index (Phi) is 56.7. The van der Waals surface area contributed by atoms with Crippen LogP contribution in [-0.2, 0) is 24.7 Å². The van der Waals surface area contributed by atoms with E-state index in [0.717, 1.165) is 201 Å². The minimum absolute atomic E-state index is 0.0363. The van der Waals surface area contributed by atoms with E-state index in [1.807, 2.05) is 72.8 Å². The van der Waals surface area contributed by atoms with Gasteiger partial charge in [-0.05, 0) is 339 Å². The Bertz CT molecular complexity index is 4390. The summed E-state index contributed by atoms with van der Waals surface area (Å²) in [6, 6.07) is 40.8. The number of hydrogen-bond acceptors (Lipinski definition) is 11. The van der Waals surface area contributed by atoms with Crippen LogP contribution in [0, 0.1) is 58.8 Å². The Balaban J connectivity index is 0.818. The summed E-state index contributed by atoms with van der Waals surface area (Å²) in [6.07, 6.45) is 60.9. The second-order valence-electron chi connectivity index (χ2n) is 47.4. The van der Waals surface area contributed by atoms with Crippen LogP contribution in [0.5, 0.6) is 34.5 Å². The molecule has 0 aliphatic heterocycles. The molecule has 2 aliphatic carbocycles. The highest BCUT2D eigenvalue weighted by atomic mass is 28.5. The van der Waals surface area contributed by atoms with Crippen molar-refractivity contribution < 1.29 is 65.9 Å². The van der Waals surface area contributed by atoms with E-state index in [2.05, 4.69) is 180 Å². The van der Waals surface area contributed by atoms with E-state index < -0.39 is 90.8 Å². The molecule has 0 bridgehead atoms. The van der Waals surface area contributed by atoms with Crippen molar-refractivity contribution in [1.29, 1.82) is 0 Å². The molecular weight excluding hydrogens is 1940 g/mol. The van der Waals surface area contributed by atoms with Crippen molar-refractivity contribution in [2.75, 3.05) is 13.2 Å². The molecule has 2 fully saturated rings. The predicted molar refractivity (Wildman–Crippen MR) is 622 cm³/mol. The quantitative estimate of drug-likeness (QED) is 0.0158. The van der Waals surface area contributed by atoms with E-state index >= 15 is 17.6 Å². The van der Waals surface area contributed by atoms with Crippen LogP contribution < -0.4 is 23.7 Å². The molecule has 812 valence electrons. The summed E-state index contributed by atoms with van der Waals surface area (Å²) in [5, 5.41) is 0. The molecule has 8 rings (SSSR count). The second kappa shape index (κ2) is 65.9. The smallest absolute Gasteiger partial charge is 0.358 e. The number of halogens is 4. The molecular formula is C122H198F4O11Si8. The molecule has 0 radical (unpaired) electrons. The molecule has 0 saturated heterocycles. The standard InChI is InChI=1S/C122H198F4O11Si8/c1-21-25-29-31-33-41-47-55-63-117(144(19,134-140(11,12)13)136-142(17,132-138(5,6)7)99-59-51-45-39-35-37-43-49-57-97-127-115-95-85-109(119(123)121(115)125)83-73-103-69-79-107(80-70-103)105-75-65-101(66-76-105)61-53-27-23-3)130-113-91-87-111(88-92-113)129-112-89-93-114(94-90-112)131-118(64-56-48-42-34-32-30-26-22-2)145(20,135-141(14,15)16)137-143(18,133-139(8,9)10)100-60-52-46-40-36-38-44-50-58-98-128-116-96-86-110(120(124)122(116)126)84-74-104-71-81-108(82-72-104)106-77-67-102(68-78-106)62-54-28-24-4/h69-72,79-82,85-96,101-102,105-106,117-118H,21-68,75-78,97-100H2,1-20H3. The molecule has 0 spiro atoms. The lowest BCUT2D eigenvalue weighted by molar-refractivity contribution is 0.187. The maximum atomic E-state index is 15.4. The van der Waals surface area contributed by atoms with E-state index in [4.69, 9.17) is 48.4 Å². The lowest BCUT2D eigenvalue weighted by Gasteiger charge is -2.45. The zero-order chi connectivity index (χ0) is 105. The molecule has 11 nitrogen and oxygen atoms in total. The third-order valence-corrected chi connectivity index (χ3v) is 57.7. The van der Waals surface area contributed by atoms with Gasteiger partial charge in [-0.25, -0.2) is 8.78 Å². The van der Waals surface area contributed by atoms with Gasteiger partial charge in [-0.15, -0.1) is 0 Å². The van der Waals surface area contributed by atoms with Crippen LogP contribution in [0.25, 0.3) is 0 Å². The topological polar surface area (TPSA) is 102 Å². The summed E-state index contributed by atoms with van der Waals surface area (Å²) in [4.78, 5) is 0. The molecule has 6 atom stereocenters. The van der Waals surface area contributed by atoms with Gasteiger partial charge in [0.05, 0.1) is 24.3 Å². The number of hydrogen-bond donors (Lipinski definition) is 0. The van der Waals surface area contributed by atoms with Gasteiger partial charge in [0.1, 0.15) is 34.5 Å². The summed E-state index contributed by atoms with van der Waals surface area (Å²) < 4.78 is 140. The molecule has 23 heteroatoms. The fourth-order valence-electron chi connectivity index (χ4n) is 21.6. The van der Waals surface area contributed by atoms with Gasteiger partial charge in [-0.3, -0.25) is 0 Å². The van der Waals surface area contributed by atoms with Gasteiger partial charge in [0.15, 0.2) is 56.4 Å². The van der Waals surface area contributed by atoms with Gasteiger partial charge >= 0.3 is 34.2 Å². The number of benzene rings is 6. The average molecular weight is 2140 g/mol. The molecule has 0 N–H and O–H groups in total. The summed E-state index contributed by atoms with van der Waals surface area (Å²) in [6.45, 7) is 46.4. The van der Waals surface area contributed by atoms with Crippen LogP contribution in [0.1, 0.15) is 407 Å². The van der Waals surface area contributed by atoms with Gasteiger partial charge < -0.3 is 48.4 Å². The first-order valence-corrected chi connectivity index (χ1v) is 81.6. The summed E-state index contributed by atoms with van der Waals surface area (Å²) in [5.41, 5.74) is 3.82. The zero-order valence-corrected chi connectivity index (χ0v) is 103. The van der Waals surface area contributed by atoms with Gasteiger partial charge in [0.25, 0.3) is 0 Å². The third-order valence-electron chi connectivity index (χ3n) is 28.9. The van der Waals surface area contributed by atoms with Crippen LogP contribution in [0.2, 0.25) is 117 Å². The number of unbranched alkanes of at least 4 members (excludes halogenated alkanes) is 34. The SMILES string of the molecule is CCCCCCCCCCC(Oc1ccc(Oc2ccc(OC(CCCCCCCCCC)[Si](C)(O[Si](C)(C)C)O[Si](C)(CCCCCCCCCCCOc3ccc(C#Cc4ccc(C5CCC(CCCCC)CC5)cc4)c(F)c3F)O[Si](C)(C)C)cc2)cc1)[Si](C)(O[Si](C)(C)C)O[Si](C)(CCCCCCCCCCCOc1ccc(C#Cc2ccc(C3CCC(CCCCC)CC3)cc2)c(F)c1F)O[Si](C)(C)C. The number of rotatable bonds is 74. The Morgan fingerprint density at radius 1 is 0.269 bits per heavy atom. The molecule has 145 heavy (non-hydrogen) atoms. The first-order valence-electron chi connectivity index (χ1n) is 58.2. The van der Waals surface area contributed by atoms with Crippen LogP contribution in [0.3, 0.4) is 0 Å². The van der Waals surface area contributed by atoms with Crippen LogP contribution in [-0.4, -0.2) is 92.2 Å². The normalized spacial score (nSPS) is 17.5. The molecule has 2 aliphatic rings. The monoisotopic (exact) mass is 2140 g/mol. The van der Waals surface area contributed by atoms with E-state index in [0.29, 0.717) is 36.5 Å². The van der Waals surface area contributed by atoms with Gasteiger partial charge in [-0.1, -0.05) is 320 Å². The minimum Gasteiger partial charge on any atom is -0.490 e. The van der Waals surface area contributed by atoms with E-state index in [1.165, 1.54) is 215 Å². The van der Waals surface area contributed by atoms with Crippen molar-refractivity contribution in [2.24, 2.45) is 11.8 Å². The van der Waals surface area contributed by atoms with Crippen molar-refractivity contribution in [2.45, 2.75) is 502 Å². The maximum absolute atomic E-state index is 15.4. The Labute approximate surface area is 890 Å². The van der Waals surface area contributed by atoms with Crippen molar-refractivity contribution in [3.63, 3.8) is 0 Å². The van der Waals surface area contributed by atoms with Crippen molar-refractivity contribution in [3.8, 4) is 58.2 Å². The fourth-order valence-corrected chi connectivity index (χ4v) is 58.4. The first kappa shape index (κ1) is 125. The third kappa shape index (κ3) is 49.5. The molecule has 0 aromatic heterocycles. The molecule has 2 saturated carbocycles. The molecule has 0 amide bonds. The Hall–Kier alpha value is -5.34. The van der Waals surface area contributed by atoms with Crippen molar-refractivity contribution >= 4 is 67.5 Å². The van der Waals surface area contributed by atoms with Crippen LogP contribution >= 0.6 is 0 Å². The number of ether oxygens (including phenoxy) is 5. The predicted octanol–water partition coefficient (Wildman–Crippen LogP) is 39.1. The second-order valence-corrected chi connectivity index (χ2v) is 80.0. The molecule has 6 aromatic rings. The lowest BCUT2D eigenvalue weighted by atomic mass is 9.77. The molecule has 6 aromatic carbocycles. The van der Waals surface area contributed by atoms with Crippen molar-refractivity contribution in [3.05, 3.63) is 178 Å². The van der Waals surface area contributed by atoms with Crippen LogP contribution in [0.15, 0.2) is 121 Å². The lowest BCUT2D eigenvalue weighted by Crippen LogP contribution is -2.64. The van der Waals surface area contributed by atoms with Gasteiger partial charge in [0, 0.05) is 11.1 Å². The summed E-state index contributed by atoms with van der Waals surface area (Å²) in [5.74, 6) is 13.7. The van der Waals surface area contributed by atoms with Crippen LogP contribution in [0.4, 0.5) is 17.6 Å². The Morgan fingerprint density at radius 2 is 0.545 bits per heavy atom. The van der Waals surface area contributed by atoms with Crippen molar-refractivity contribution in [1.82, 2.24) is 0 Å². The molecule has 6 unspecified atom stereocenters. The highest BCUT2D eigenvalue weighted by molar-refractivity contribution is 6.91. The van der Waals surface area contributed by atoms with Gasteiger partial charge in [-0.2, -0.15) is 8.78 Å². The summed E-state index contributed by atoms with van der Waals surface area (Å²) in [7, 11) is -20.7. The fraction of sp³-hybridized carbons (Fsp3) is 0.672. The highest BCUT2D eigenvalue weighted by Gasteiger charge is 2.55. The van der Waals surface area contributed by atoms with E-state index in [-0.39, 0.29) is 34.1 Å². The summed E-state index contributed by atoms with van der Waals surface area (Å²) >= 11 is 0.